The van der Waals surface area contributed by atoms with Crippen molar-refractivity contribution < 1.29 is 9.60 Å². The van der Waals surface area contributed by atoms with Crippen LogP contribution in [0.5, 0.6) is 0 Å². The fourth-order valence-corrected chi connectivity index (χ4v) is 2.04. The summed E-state index contributed by atoms with van der Waals surface area (Å²) in [4.78, 5) is 0. The number of nitrogens with one attached hydrogen (secondary N) is 1. The molecule has 0 aliphatic heterocycles. The Hall–Kier alpha value is -2.11. The average Bonchev–Trinajstić information content (AvgIpc) is 2.48. The molecule has 2 aromatic rings. The summed E-state index contributed by atoms with van der Waals surface area (Å²) < 4.78 is 13.5. The van der Waals surface area contributed by atoms with E-state index in [0.717, 1.165) is 5.56 Å². The first kappa shape index (κ1) is 15.3. The molecule has 4 nitrogen and oxygen atoms in total. The summed E-state index contributed by atoms with van der Waals surface area (Å²) in [6.07, 6.45) is 0. The summed E-state index contributed by atoms with van der Waals surface area (Å²) in [6.45, 7) is 1.10. The molecule has 0 saturated heterocycles. The Morgan fingerprint density at radius 1 is 1.14 bits per heavy atom. The van der Waals surface area contributed by atoms with Crippen LogP contribution in [-0.4, -0.2) is 11.0 Å². The lowest BCUT2D eigenvalue weighted by Gasteiger charge is -2.07. The van der Waals surface area contributed by atoms with Gasteiger partial charge in [-0.3, -0.25) is 0 Å². The molecule has 110 valence electrons. The van der Waals surface area contributed by atoms with Crippen LogP contribution in [0.15, 0.2) is 47.6 Å². The Bertz CT molecular complexity index is 644. The van der Waals surface area contributed by atoms with E-state index in [1.54, 1.807) is 6.07 Å². The van der Waals surface area contributed by atoms with Gasteiger partial charge in [0.2, 0.25) is 0 Å². The van der Waals surface area contributed by atoms with E-state index in [2.05, 4.69) is 10.5 Å². The highest BCUT2D eigenvalue weighted by molar-refractivity contribution is 6.30. The van der Waals surface area contributed by atoms with Crippen molar-refractivity contribution in [3.63, 3.8) is 0 Å². The third-order valence-electron chi connectivity index (χ3n) is 2.93. The van der Waals surface area contributed by atoms with Crippen molar-refractivity contribution in [1.82, 2.24) is 5.32 Å². The van der Waals surface area contributed by atoms with E-state index < -0.39 is 5.82 Å². The fourth-order valence-electron chi connectivity index (χ4n) is 1.91. The van der Waals surface area contributed by atoms with Crippen LogP contribution in [0.3, 0.4) is 0 Å². The molecule has 0 fully saturated rings. The first-order chi connectivity index (χ1) is 10.1. The van der Waals surface area contributed by atoms with Crippen LogP contribution >= 0.6 is 11.6 Å². The molecule has 21 heavy (non-hydrogen) atoms. The van der Waals surface area contributed by atoms with Crippen LogP contribution in [0.4, 0.5) is 4.39 Å². The number of amidine groups is 1. The van der Waals surface area contributed by atoms with Crippen LogP contribution in [0.25, 0.3) is 0 Å². The van der Waals surface area contributed by atoms with Crippen molar-refractivity contribution >= 4 is 17.4 Å². The zero-order valence-corrected chi connectivity index (χ0v) is 11.9. The molecule has 0 aromatic heterocycles. The second kappa shape index (κ2) is 7.06. The number of oxime groups is 1. The van der Waals surface area contributed by atoms with E-state index in [1.165, 1.54) is 12.1 Å². The predicted octanol–water partition coefficient (Wildman–Crippen LogP) is 2.86. The first-order valence-corrected chi connectivity index (χ1v) is 6.69. The van der Waals surface area contributed by atoms with Crippen molar-refractivity contribution in [2.24, 2.45) is 10.9 Å². The van der Waals surface area contributed by atoms with Gasteiger partial charge in [0, 0.05) is 23.7 Å². The molecule has 0 saturated carbocycles. The molecule has 0 spiro atoms. The maximum absolute atomic E-state index is 13.5. The third-order valence-corrected chi connectivity index (χ3v) is 3.18. The molecule has 0 atom stereocenters. The highest BCUT2D eigenvalue weighted by Gasteiger charge is 2.05. The minimum Gasteiger partial charge on any atom is -0.409 e. The van der Waals surface area contributed by atoms with Gasteiger partial charge in [-0.1, -0.05) is 28.9 Å². The van der Waals surface area contributed by atoms with Gasteiger partial charge in [0.1, 0.15) is 5.82 Å². The number of hydrogen-bond acceptors (Lipinski definition) is 3. The summed E-state index contributed by atoms with van der Waals surface area (Å²) in [6, 6.07) is 11.8. The van der Waals surface area contributed by atoms with Crippen molar-refractivity contribution in [1.29, 1.82) is 0 Å². The minimum atomic E-state index is -0.428. The summed E-state index contributed by atoms with van der Waals surface area (Å²) >= 11 is 5.81. The molecular weight excluding hydrogens is 293 g/mol. The third kappa shape index (κ3) is 4.44. The van der Waals surface area contributed by atoms with E-state index in [4.69, 9.17) is 22.5 Å². The molecule has 2 rings (SSSR count). The van der Waals surface area contributed by atoms with Gasteiger partial charge in [0.25, 0.3) is 0 Å². The number of nitrogens with two attached hydrogens (primary N) is 1. The molecule has 0 unspecified atom stereocenters. The van der Waals surface area contributed by atoms with Crippen molar-refractivity contribution in [2.45, 2.75) is 13.1 Å². The largest absolute Gasteiger partial charge is 0.409 e. The highest BCUT2D eigenvalue weighted by atomic mass is 35.5. The molecule has 0 heterocycles. The Kier molecular flexibility index (Phi) is 5.14. The minimum absolute atomic E-state index is 0.117. The van der Waals surface area contributed by atoms with Gasteiger partial charge in [0.15, 0.2) is 5.84 Å². The maximum atomic E-state index is 13.5. The number of rotatable bonds is 5. The quantitative estimate of drug-likeness (QED) is 0.344. The molecule has 2 aromatic carbocycles. The monoisotopic (exact) mass is 307 g/mol. The summed E-state index contributed by atoms with van der Waals surface area (Å²) in [5.41, 5.74) is 7.60. The van der Waals surface area contributed by atoms with Crippen LogP contribution in [0, 0.1) is 5.82 Å². The molecule has 6 heteroatoms. The Morgan fingerprint density at radius 2 is 1.81 bits per heavy atom. The van der Waals surface area contributed by atoms with Gasteiger partial charge in [-0.25, -0.2) is 4.39 Å². The van der Waals surface area contributed by atoms with E-state index in [9.17, 15) is 4.39 Å². The number of halogens is 2. The Balaban J connectivity index is 2.00. The highest BCUT2D eigenvalue weighted by Crippen LogP contribution is 2.11. The van der Waals surface area contributed by atoms with Crippen LogP contribution < -0.4 is 11.1 Å². The van der Waals surface area contributed by atoms with Gasteiger partial charge < -0.3 is 16.3 Å². The van der Waals surface area contributed by atoms with Crippen LogP contribution in [0.1, 0.15) is 16.7 Å². The Labute approximate surface area is 127 Å². The molecule has 4 N–H and O–H groups in total. The van der Waals surface area contributed by atoms with E-state index in [-0.39, 0.29) is 5.84 Å². The molecular formula is C15H15ClFN3O. The predicted molar refractivity (Wildman–Crippen MR) is 80.9 cm³/mol. The first-order valence-electron chi connectivity index (χ1n) is 6.31. The average molecular weight is 308 g/mol. The molecule has 0 aliphatic carbocycles. The molecule has 0 amide bonds. The van der Waals surface area contributed by atoms with Gasteiger partial charge in [0.05, 0.1) is 0 Å². The lowest BCUT2D eigenvalue weighted by molar-refractivity contribution is 0.318. The summed E-state index contributed by atoms with van der Waals surface area (Å²) in [5.74, 6) is -0.546. The zero-order chi connectivity index (χ0) is 15.2. The fraction of sp³-hybridized carbons (Fsp3) is 0.133. The maximum Gasteiger partial charge on any atom is 0.170 e. The SMILES string of the molecule is N/C(=N/O)c1cc(F)cc(CNCc2ccc(Cl)cc2)c1. The van der Waals surface area contributed by atoms with Crippen molar-refractivity contribution in [3.8, 4) is 0 Å². The Morgan fingerprint density at radius 3 is 2.48 bits per heavy atom. The van der Waals surface area contributed by atoms with Gasteiger partial charge in [-0.2, -0.15) is 0 Å². The summed E-state index contributed by atoms with van der Waals surface area (Å²) in [7, 11) is 0. The van der Waals surface area contributed by atoms with Crippen molar-refractivity contribution in [2.75, 3.05) is 0 Å². The van der Waals surface area contributed by atoms with E-state index >= 15 is 0 Å². The standard InChI is InChI=1S/C15H15ClFN3O/c16-13-3-1-10(2-4-13)8-19-9-11-5-12(15(18)20-21)7-14(17)6-11/h1-7,19,21H,8-9H2,(H2,18,20). The second-order valence-electron chi connectivity index (χ2n) is 4.56. The topological polar surface area (TPSA) is 70.6 Å². The van der Waals surface area contributed by atoms with Crippen LogP contribution in [0.2, 0.25) is 5.02 Å². The summed E-state index contributed by atoms with van der Waals surface area (Å²) in [5, 5.41) is 15.4. The van der Waals surface area contributed by atoms with Crippen molar-refractivity contribution in [3.05, 3.63) is 70.0 Å². The number of hydrogen-bond donors (Lipinski definition) is 3. The van der Waals surface area contributed by atoms with E-state index in [0.29, 0.717) is 29.2 Å². The second-order valence-corrected chi connectivity index (χ2v) is 5.00. The molecule has 0 bridgehead atoms. The molecule has 0 radical (unpaired) electrons. The lowest BCUT2D eigenvalue weighted by Crippen LogP contribution is -2.16. The number of nitrogens with zero attached hydrogens (tertiary/aromatic N) is 1. The van der Waals surface area contributed by atoms with Crippen LogP contribution in [-0.2, 0) is 13.1 Å². The van der Waals surface area contributed by atoms with Gasteiger partial charge >= 0.3 is 0 Å². The smallest absolute Gasteiger partial charge is 0.170 e. The normalized spacial score (nSPS) is 11.6. The van der Waals surface area contributed by atoms with Gasteiger partial charge in [-0.05, 0) is 41.5 Å². The van der Waals surface area contributed by atoms with Gasteiger partial charge in [-0.15, -0.1) is 0 Å². The van der Waals surface area contributed by atoms with E-state index in [1.807, 2.05) is 24.3 Å². The zero-order valence-electron chi connectivity index (χ0n) is 11.2. The lowest BCUT2D eigenvalue weighted by atomic mass is 10.1. The molecule has 0 aliphatic rings. The number of benzene rings is 2.